The molecule has 0 unspecified atom stereocenters. The molecule has 1 aromatic heterocycles. The van der Waals surface area contributed by atoms with Crippen LogP contribution < -0.4 is 5.32 Å². The van der Waals surface area contributed by atoms with Gasteiger partial charge in [-0.25, -0.2) is 0 Å². The molecule has 0 saturated carbocycles. The zero-order valence-corrected chi connectivity index (χ0v) is 10.6. The van der Waals surface area contributed by atoms with E-state index in [9.17, 15) is 4.79 Å². The first-order valence-corrected chi connectivity index (χ1v) is 6.38. The molecule has 0 aliphatic carbocycles. The van der Waals surface area contributed by atoms with E-state index in [1.54, 1.807) is 0 Å². The third-order valence-corrected chi connectivity index (χ3v) is 3.33. The van der Waals surface area contributed by atoms with Crippen LogP contribution in [0.4, 0.5) is 5.82 Å². The van der Waals surface area contributed by atoms with Gasteiger partial charge in [-0.1, -0.05) is 30.3 Å². The Labute approximate surface area is 111 Å². The number of carbonyl (C=O) groups excluding carboxylic acids is 1. The number of nitrogens with zero attached hydrogens (tertiary/aromatic N) is 3. The van der Waals surface area contributed by atoms with E-state index in [0.717, 1.165) is 31.9 Å². The van der Waals surface area contributed by atoms with E-state index in [-0.39, 0.29) is 0 Å². The van der Waals surface area contributed by atoms with Crippen molar-refractivity contribution in [2.45, 2.75) is 19.6 Å². The van der Waals surface area contributed by atoms with Gasteiger partial charge in [-0.15, -0.1) is 0 Å². The number of nitrogens with one attached hydrogen (secondary N) is 1. The first-order chi connectivity index (χ1) is 9.35. The highest BCUT2D eigenvalue weighted by Gasteiger charge is 2.18. The Morgan fingerprint density at radius 1 is 1.26 bits per heavy atom. The van der Waals surface area contributed by atoms with Gasteiger partial charge in [-0.05, 0) is 5.56 Å². The van der Waals surface area contributed by atoms with Crippen LogP contribution in [0.25, 0.3) is 0 Å². The lowest BCUT2D eigenvalue weighted by Gasteiger charge is -2.27. The minimum absolute atomic E-state index is 0.631. The molecule has 3 rings (SSSR count). The van der Waals surface area contributed by atoms with Crippen LogP contribution in [0.2, 0.25) is 0 Å². The molecule has 2 heterocycles. The summed E-state index contributed by atoms with van der Waals surface area (Å²) in [4.78, 5) is 12.8. The third kappa shape index (κ3) is 2.66. The summed E-state index contributed by atoms with van der Waals surface area (Å²) >= 11 is 0. The summed E-state index contributed by atoms with van der Waals surface area (Å²) < 4.78 is 1.97. The second kappa shape index (κ2) is 5.24. The molecule has 1 aliphatic heterocycles. The SMILES string of the molecule is O=CNc1cc2n(n1)CCN(Cc1ccccc1)C2. The Morgan fingerprint density at radius 2 is 2.11 bits per heavy atom. The van der Waals surface area contributed by atoms with Crippen LogP contribution in [0.3, 0.4) is 0 Å². The third-order valence-electron chi connectivity index (χ3n) is 3.33. The molecule has 0 radical (unpaired) electrons. The van der Waals surface area contributed by atoms with Gasteiger partial charge in [0, 0.05) is 25.7 Å². The summed E-state index contributed by atoms with van der Waals surface area (Å²) in [6, 6.07) is 12.4. The fraction of sp³-hybridized carbons (Fsp3) is 0.286. The lowest BCUT2D eigenvalue weighted by molar-refractivity contribution is -0.105. The molecule has 1 amide bonds. The molecule has 0 atom stereocenters. The molecule has 0 bridgehead atoms. The molecule has 0 spiro atoms. The van der Waals surface area contributed by atoms with Crippen molar-refractivity contribution in [1.29, 1.82) is 0 Å². The van der Waals surface area contributed by atoms with Crippen molar-refractivity contribution < 1.29 is 4.79 Å². The second-order valence-corrected chi connectivity index (χ2v) is 4.70. The van der Waals surface area contributed by atoms with Crippen LogP contribution in [0.1, 0.15) is 11.3 Å². The molecule has 5 heteroatoms. The maximum Gasteiger partial charge on any atom is 0.212 e. The van der Waals surface area contributed by atoms with Gasteiger partial charge in [-0.3, -0.25) is 14.4 Å². The van der Waals surface area contributed by atoms with E-state index < -0.39 is 0 Å². The predicted molar refractivity (Wildman–Crippen MR) is 72.5 cm³/mol. The van der Waals surface area contributed by atoms with Gasteiger partial charge < -0.3 is 5.32 Å². The lowest BCUT2D eigenvalue weighted by atomic mass is 10.2. The van der Waals surface area contributed by atoms with Crippen molar-refractivity contribution in [3.8, 4) is 0 Å². The van der Waals surface area contributed by atoms with Crippen molar-refractivity contribution >= 4 is 12.2 Å². The summed E-state index contributed by atoms with van der Waals surface area (Å²) in [5, 5.41) is 6.93. The zero-order valence-electron chi connectivity index (χ0n) is 10.6. The number of carbonyl (C=O) groups is 1. The second-order valence-electron chi connectivity index (χ2n) is 4.70. The number of amides is 1. The van der Waals surface area contributed by atoms with Crippen molar-refractivity contribution in [1.82, 2.24) is 14.7 Å². The maximum atomic E-state index is 10.4. The van der Waals surface area contributed by atoms with Crippen molar-refractivity contribution in [3.05, 3.63) is 47.7 Å². The maximum absolute atomic E-state index is 10.4. The summed E-state index contributed by atoms with van der Waals surface area (Å²) in [6.07, 6.45) is 0.663. The predicted octanol–water partition coefficient (Wildman–Crippen LogP) is 1.47. The Kier molecular flexibility index (Phi) is 3.29. The summed E-state index contributed by atoms with van der Waals surface area (Å²) in [5.41, 5.74) is 2.47. The van der Waals surface area contributed by atoms with E-state index in [1.807, 2.05) is 16.8 Å². The standard InChI is InChI=1S/C14H16N4O/c19-11-15-14-8-13-10-17(6-7-18(13)16-14)9-12-4-2-1-3-5-12/h1-5,8,11H,6-7,9-10H2,(H,15,16,19). The molecule has 1 aromatic carbocycles. The Bertz CT molecular complexity index is 564. The van der Waals surface area contributed by atoms with Gasteiger partial charge in [-0.2, -0.15) is 5.10 Å². The molecule has 0 saturated heterocycles. The number of fused-ring (bicyclic) bond motifs is 1. The fourth-order valence-electron chi connectivity index (χ4n) is 2.43. The largest absolute Gasteiger partial charge is 0.312 e. The molecular formula is C14H16N4O. The van der Waals surface area contributed by atoms with Gasteiger partial charge in [0.15, 0.2) is 5.82 Å². The number of aromatic nitrogens is 2. The van der Waals surface area contributed by atoms with Crippen LogP contribution in [0.5, 0.6) is 0 Å². The quantitative estimate of drug-likeness (QED) is 0.843. The minimum Gasteiger partial charge on any atom is -0.312 e. The Balaban J connectivity index is 1.69. The van der Waals surface area contributed by atoms with E-state index in [1.165, 1.54) is 5.56 Å². The van der Waals surface area contributed by atoms with E-state index >= 15 is 0 Å². The molecular weight excluding hydrogens is 240 g/mol. The average Bonchev–Trinajstić information content (AvgIpc) is 2.82. The highest BCUT2D eigenvalue weighted by atomic mass is 16.1. The molecule has 19 heavy (non-hydrogen) atoms. The number of rotatable bonds is 4. The van der Waals surface area contributed by atoms with Crippen LogP contribution in [-0.2, 0) is 24.4 Å². The Morgan fingerprint density at radius 3 is 2.89 bits per heavy atom. The van der Waals surface area contributed by atoms with Gasteiger partial charge in [0.1, 0.15) is 0 Å². The van der Waals surface area contributed by atoms with Crippen LogP contribution >= 0.6 is 0 Å². The summed E-state index contributed by atoms with van der Waals surface area (Å²) in [6.45, 7) is 3.65. The van der Waals surface area contributed by atoms with Crippen molar-refractivity contribution in [2.24, 2.45) is 0 Å². The Hall–Kier alpha value is -2.14. The van der Waals surface area contributed by atoms with Gasteiger partial charge in [0.25, 0.3) is 0 Å². The zero-order chi connectivity index (χ0) is 13.1. The number of anilines is 1. The molecule has 5 nitrogen and oxygen atoms in total. The normalized spacial score (nSPS) is 14.9. The molecule has 1 N–H and O–H groups in total. The van der Waals surface area contributed by atoms with Crippen molar-refractivity contribution in [3.63, 3.8) is 0 Å². The molecule has 1 aliphatic rings. The highest BCUT2D eigenvalue weighted by Crippen LogP contribution is 2.17. The van der Waals surface area contributed by atoms with E-state index in [0.29, 0.717) is 12.2 Å². The topological polar surface area (TPSA) is 50.2 Å². The van der Waals surface area contributed by atoms with E-state index in [4.69, 9.17) is 0 Å². The van der Waals surface area contributed by atoms with Gasteiger partial charge in [0.05, 0.1) is 12.2 Å². The van der Waals surface area contributed by atoms with Gasteiger partial charge >= 0.3 is 0 Å². The average molecular weight is 256 g/mol. The molecule has 98 valence electrons. The fourth-order valence-corrected chi connectivity index (χ4v) is 2.43. The molecule has 0 fully saturated rings. The highest BCUT2D eigenvalue weighted by molar-refractivity contribution is 5.68. The van der Waals surface area contributed by atoms with Gasteiger partial charge in [0.2, 0.25) is 6.41 Å². The van der Waals surface area contributed by atoms with Crippen molar-refractivity contribution in [2.75, 3.05) is 11.9 Å². The minimum atomic E-state index is 0.631. The monoisotopic (exact) mass is 256 g/mol. The number of hydrogen-bond donors (Lipinski definition) is 1. The smallest absolute Gasteiger partial charge is 0.212 e. The summed E-state index contributed by atoms with van der Waals surface area (Å²) in [5.74, 6) is 0.631. The first-order valence-electron chi connectivity index (χ1n) is 6.38. The van der Waals surface area contributed by atoms with E-state index in [2.05, 4.69) is 39.6 Å². The lowest BCUT2D eigenvalue weighted by Crippen LogP contribution is -2.33. The van der Waals surface area contributed by atoms with Crippen LogP contribution in [0, 0.1) is 0 Å². The number of hydrogen-bond acceptors (Lipinski definition) is 3. The first kappa shape index (κ1) is 11.9. The number of benzene rings is 1. The van der Waals surface area contributed by atoms with Crippen LogP contribution in [-0.4, -0.2) is 27.6 Å². The molecule has 2 aromatic rings. The summed E-state index contributed by atoms with van der Waals surface area (Å²) in [7, 11) is 0. The van der Waals surface area contributed by atoms with Crippen LogP contribution in [0.15, 0.2) is 36.4 Å².